The Labute approximate surface area is 194 Å². The smallest absolute Gasteiger partial charge is 0.354 e. The maximum absolute atomic E-state index is 11.4. The summed E-state index contributed by atoms with van der Waals surface area (Å²) >= 11 is 11.0. The summed E-state index contributed by atoms with van der Waals surface area (Å²) in [5.41, 5.74) is 2.66. The SMILES string of the molecule is C.CNOC.CON(C)C(=O)c1cccc(Cl)n1.O=BP.O=C(O)c1cccc(Cl)n1. The molecule has 0 aliphatic carbocycles. The fraction of sp³-hybridized carbons (Fsp3) is 0.294. The van der Waals surface area contributed by atoms with Crippen molar-refractivity contribution in [2.45, 2.75) is 7.43 Å². The summed E-state index contributed by atoms with van der Waals surface area (Å²) < 4.78 is 8.77. The first-order valence-corrected chi connectivity index (χ1v) is 9.26. The molecule has 2 aromatic rings. The number of pyridine rings is 2. The summed E-state index contributed by atoms with van der Waals surface area (Å²) in [6, 6.07) is 9.28. The minimum absolute atomic E-state index is 0. The molecule has 2 aromatic heterocycles. The molecule has 0 saturated heterocycles. The first kappa shape index (κ1) is 33.6. The van der Waals surface area contributed by atoms with E-state index in [1.54, 1.807) is 38.4 Å². The number of hydroxylamine groups is 3. The molecule has 1 atom stereocenters. The van der Waals surface area contributed by atoms with Gasteiger partial charge in [0.1, 0.15) is 21.7 Å². The number of hydrogen-bond acceptors (Lipinski definition) is 8. The molecule has 0 saturated carbocycles. The van der Waals surface area contributed by atoms with Crippen LogP contribution in [0.2, 0.25) is 10.3 Å². The van der Waals surface area contributed by atoms with Crippen LogP contribution in [-0.4, -0.2) is 67.2 Å². The molecular formula is C17H26BCl2N4O6P. The standard InChI is InChI=1S/C8H9ClN2O2.C6H4ClNO2.C2H7NO.CH4.BH2OP/c1-11(13-2)8(12)6-4-3-5-7(9)10-6;7-5-3-1-2-4(8-5)6(9)10;1-3-4-2;;2-1-3/h3-5H,1-2H3;1-3H,(H,9,10);3H,1-2H3;1H4;3H2. The van der Waals surface area contributed by atoms with Gasteiger partial charge in [0, 0.05) is 14.1 Å². The summed E-state index contributed by atoms with van der Waals surface area (Å²) in [6.45, 7) is 0.667. The van der Waals surface area contributed by atoms with E-state index in [-0.39, 0.29) is 35.0 Å². The van der Waals surface area contributed by atoms with Crippen LogP contribution < -0.4 is 5.48 Å². The zero-order chi connectivity index (χ0) is 23.5. The van der Waals surface area contributed by atoms with E-state index in [1.807, 2.05) is 9.12 Å². The van der Waals surface area contributed by atoms with Gasteiger partial charge in [0.2, 0.25) is 0 Å². The molecule has 2 rings (SSSR count). The largest absolute Gasteiger partial charge is 0.477 e. The predicted octanol–water partition coefficient (Wildman–Crippen LogP) is 3.03. The van der Waals surface area contributed by atoms with Gasteiger partial charge in [0.15, 0.2) is 0 Å². The van der Waals surface area contributed by atoms with E-state index in [1.165, 1.54) is 26.3 Å². The molecule has 0 spiro atoms. The molecule has 172 valence electrons. The van der Waals surface area contributed by atoms with Crippen molar-refractivity contribution in [2.75, 3.05) is 28.3 Å². The summed E-state index contributed by atoms with van der Waals surface area (Å²) in [6.07, 6.45) is 0. The van der Waals surface area contributed by atoms with Crippen molar-refractivity contribution >= 4 is 51.1 Å². The van der Waals surface area contributed by atoms with Crippen LogP contribution in [0, 0.1) is 0 Å². The number of rotatable bonds is 4. The van der Waals surface area contributed by atoms with Crippen LogP contribution in [0.5, 0.6) is 0 Å². The molecule has 14 heteroatoms. The average Bonchev–Trinajstić information content (AvgIpc) is 2.73. The molecular weight excluding hydrogens is 469 g/mol. The first-order chi connectivity index (χ1) is 14.2. The zero-order valence-corrected chi connectivity index (χ0v) is 19.4. The van der Waals surface area contributed by atoms with Gasteiger partial charge in [-0.15, -0.1) is 0 Å². The maximum atomic E-state index is 11.4. The number of aromatic nitrogens is 2. The third-order valence-corrected chi connectivity index (χ3v) is 3.05. The Morgan fingerprint density at radius 2 is 1.48 bits per heavy atom. The molecule has 1 amide bonds. The van der Waals surface area contributed by atoms with Crippen LogP contribution in [-0.2, 0) is 14.4 Å². The van der Waals surface area contributed by atoms with Gasteiger partial charge >= 0.3 is 26.7 Å². The van der Waals surface area contributed by atoms with Gasteiger partial charge in [0.25, 0.3) is 5.91 Å². The number of carboxylic acid groups (broad SMARTS) is 1. The van der Waals surface area contributed by atoms with Crippen LogP contribution in [0.4, 0.5) is 0 Å². The topological polar surface area (TPSA) is 131 Å². The van der Waals surface area contributed by atoms with Crippen molar-refractivity contribution in [3.63, 3.8) is 0 Å². The van der Waals surface area contributed by atoms with Crippen LogP contribution in [0.15, 0.2) is 36.4 Å². The van der Waals surface area contributed by atoms with E-state index in [0.29, 0.717) is 6.87 Å². The molecule has 0 fully saturated rings. The number of aromatic carboxylic acids is 1. The van der Waals surface area contributed by atoms with E-state index in [9.17, 15) is 9.59 Å². The van der Waals surface area contributed by atoms with E-state index >= 15 is 0 Å². The Morgan fingerprint density at radius 3 is 1.77 bits per heavy atom. The van der Waals surface area contributed by atoms with Crippen LogP contribution in [0.3, 0.4) is 0 Å². The minimum atomic E-state index is -1.07. The fourth-order valence-corrected chi connectivity index (χ4v) is 1.63. The second-order valence-corrected chi connectivity index (χ2v) is 5.57. The monoisotopic (exact) mass is 494 g/mol. The van der Waals surface area contributed by atoms with E-state index < -0.39 is 5.97 Å². The van der Waals surface area contributed by atoms with Gasteiger partial charge < -0.3 is 9.94 Å². The number of hydrogen-bond donors (Lipinski definition) is 2. The maximum Gasteiger partial charge on any atom is 0.354 e. The number of carbonyl (C=O) groups excluding carboxylic acids is 1. The minimum Gasteiger partial charge on any atom is -0.477 e. The molecule has 31 heavy (non-hydrogen) atoms. The molecule has 0 radical (unpaired) electrons. The van der Waals surface area contributed by atoms with Crippen molar-refractivity contribution in [3.05, 3.63) is 58.1 Å². The Kier molecular flexibility index (Phi) is 23.0. The molecule has 2 N–H and O–H groups in total. The molecule has 2 heterocycles. The Morgan fingerprint density at radius 1 is 1.10 bits per heavy atom. The summed E-state index contributed by atoms with van der Waals surface area (Å²) in [7, 11) is 8.09. The Bertz CT molecular complexity index is 790. The second kappa shape index (κ2) is 21.2. The predicted molar refractivity (Wildman–Crippen MR) is 124 cm³/mol. The quantitative estimate of drug-likeness (QED) is 0.285. The Balaban J connectivity index is -0.000000387. The van der Waals surface area contributed by atoms with E-state index in [4.69, 9.17) is 37.9 Å². The van der Waals surface area contributed by atoms with Crippen molar-refractivity contribution < 1.29 is 29.1 Å². The third kappa shape index (κ3) is 17.4. The van der Waals surface area contributed by atoms with Crippen molar-refractivity contribution in [2.24, 2.45) is 0 Å². The van der Waals surface area contributed by atoms with Crippen LogP contribution in [0.1, 0.15) is 28.4 Å². The van der Waals surface area contributed by atoms with Gasteiger partial charge in [-0.05, 0) is 24.3 Å². The van der Waals surface area contributed by atoms with Gasteiger partial charge in [-0.25, -0.2) is 25.3 Å². The van der Waals surface area contributed by atoms with Gasteiger partial charge in [-0.2, -0.15) is 0 Å². The number of amides is 1. The van der Waals surface area contributed by atoms with Gasteiger partial charge in [-0.1, -0.05) is 42.8 Å². The molecule has 0 aromatic carbocycles. The number of carboxylic acids is 1. The van der Waals surface area contributed by atoms with Crippen LogP contribution in [0.25, 0.3) is 0 Å². The van der Waals surface area contributed by atoms with E-state index in [2.05, 4.69) is 20.3 Å². The Hall–Kier alpha value is -2.01. The third-order valence-electron chi connectivity index (χ3n) is 2.63. The first-order valence-electron chi connectivity index (χ1n) is 7.84. The summed E-state index contributed by atoms with van der Waals surface area (Å²) in [5, 5.41) is 9.95. The number of halogens is 2. The fourth-order valence-electron chi connectivity index (χ4n) is 1.30. The molecule has 1 unspecified atom stereocenters. The summed E-state index contributed by atoms with van der Waals surface area (Å²) in [4.78, 5) is 38.0. The van der Waals surface area contributed by atoms with Crippen molar-refractivity contribution in [1.82, 2.24) is 20.5 Å². The summed E-state index contributed by atoms with van der Waals surface area (Å²) in [5.74, 6) is -1.40. The van der Waals surface area contributed by atoms with Gasteiger partial charge in [0.05, 0.1) is 14.2 Å². The molecule has 0 bridgehead atoms. The molecule has 10 nitrogen and oxygen atoms in total. The normalized spacial score (nSPS) is 8.35. The van der Waals surface area contributed by atoms with Gasteiger partial charge in [-0.3, -0.25) is 9.63 Å². The molecule has 0 aliphatic heterocycles. The van der Waals surface area contributed by atoms with Crippen molar-refractivity contribution in [3.8, 4) is 0 Å². The number of nitrogens with zero attached hydrogens (tertiary/aromatic N) is 3. The number of nitrogens with one attached hydrogen (secondary N) is 1. The molecule has 0 aliphatic rings. The second-order valence-electron chi connectivity index (χ2n) is 4.53. The number of carbonyl (C=O) groups is 2. The zero-order valence-electron chi connectivity index (χ0n) is 16.7. The van der Waals surface area contributed by atoms with Crippen molar-refractivity contribution in [1.29, 1.82) is 0 Å². The average molecular weight is 495 g/mol. The van der Waals surface area contributed by atoms with Crippen LogP contribution >= 0.6 is 32.3 Å². The van der Waals surface area contributed by atoms with E-state index in [0.717, 1.165) is 5.06 Å².